The third kappa shape index (κ3) is 1.97. The second-order valence-electron chi connectivity index (χ2n) is 5.14. The van der Waals surface area contributed by atoms with Crippen LogP contribution in [0.5, 0.6) is 5.75 Å². The summed E-state index contributed by atoms with van der Waals surface area (Å²) in [5.74, 6) is -0.419. The van der Waals surface area contributed by atoms with Crippen molar-refractivity contribution in [1.82, 2.24) is 5.32 Å². The number of benzene rings is 1. The number of carboxylic acid groups (broad SMARTS) is 1. The first-order valence-electron chi connectivity index (χ1n) is 6.07. The van der Waals surface area contributed by atoms with Crippen molar-refractivity contribution in [2.75, 3.05) is 20.2 Å². The van der Waals surface area contributed by atoms with E-state index in [0.717, 1.165) is 16.9 Å². The number of ether oxygens (including phenoxy) is 1. The maximum absolute atomic E-state index is 11.4. The third-order valence-corrected chi connectivity index (χ3v) is 3.88. The van der Waals surface area contributed by atoms with E-state index in [4.69, 9.17) is 4.74 Å². The topological polar surface area (TPSA) is 58.6 Å². The number of aliphatic carboxylic acids is 1. The summed E-state index contributed by atoms with van der Waals surface area (Å²) >= 11 is 0. The van der Waals surface area contributed by atoms with Crippen molar-refractivity contribution >= 4 is 5.97 Å². The van der Waals surface area contributed by atoms with Gasteiger partial charge in [0, 0.05) is 24.1 Å². The van der Waals surface area contributed by atoms with Gasteiger partial charge in [-0.3, -0.25) is 4.79 Å². The quantitative estimate of drug-likeness (QED) is 0.853. The van der Waals surface area contributed by atoms with Gasteiger partial charge in [0.2, 0.25) is 0 Å². The summed E-state index contributed by atoms with van der Waals surface area (Å²) in [5, 5.41) is 12.5. The SMILES string of the molecule is COc1ccc(C)cc1C1(C)CNCC1C(=O)O. The average molecular weight is 249 g/mol. The average Bonchev–Trinajstić information content (AvgIpc) is 2.72. The van der Waals surface area contributed by atoms with E-state index >= 15 is 0 Å². The zero-order valence-electron chi connectivity index (χ0n) is 11.0. The number of nitrogens with one attached hydrogen (secondary N) is 1. The van der Waals surface area contributed by atoms with Crippen LogP contribution in [0.25, 0.3) is 0 Å². The summed E-state index contributed by atoms with van der Waals surface area (Å²) in [6.45, 7) is 5.15. The van der Waals surface area contributed by atoms with E-state index in [1.165, 1.54) is 0 Å². The second-order valence-corrected chi connectivity index (χ2v) is 5.14. The lowest BCUT2D eigenvalue weighted by Crippen LogP contribution is -2.36. The third-order valence-electron chi connectivity index (χ3n) is 3.88. The smallest absolute Gasteiger partial charge is 0.308 e. The number of carboxylic acids is 1. The number of carbonyl (C=O) groups is 1. The van der Waals surface area contributed by atoms with E-state index in [1.54, 1.807) is 7.11 Å². The number of hydrogen-bond donors (Lipinski definition) is 2. The lowest BCUT2D eigenvalue weighted by molar-refractivity contribution is -0.142. The fourth-order valence-electron chi connectivity index (χ4n) is 2.74. The van der Waals surface area contributed by atoms with Crippen molar-refractivity contribution in [3.8, 4) is 5.75 Å². The minimum Gasteiger partial charge on any atom is -0.496 e. The zero-order chi connectivity index (χ0) is 13.3. The number of aryl methyl sites for hydroxylation is 1. The largest absolute Gasteiger partial charge is 0.496 e. The van der Waals surface area contributed by atoms with Crippen molar-refractivity contribution in [2.24, 2.45) is 5.92 Å². The minimum absolute atomic E-state index is 0.423. The fraction of sp³-hybridized carbons (Fsp3) is 0.500. The predicted octanol–water partition coefficient (Wildman–Crippen LogP) is 1.57. The highest BCUT2D eigenvalue weighted by Crippen LogP contribution is 2.40. The Balaban J connectivity index is 2.52. The highest BCUT2D eigenvalue weighted by molar-refractivity contribution is 5.74. The number of rotatable bonds is 3. The summed E-state index contributed by atoms with van der Waals surface area (Å²) in [6.07, 6.45) is 0. The molecule has 1 heterocycles. The molecule has 0 saturated carbocycles. The van der Waals surface area contributed by atoms with Gasteiger partial charge in [-0.2, -0.15) is 0 Å². The molecule has 0 aromatic heterocycles. The van der Waals surface area contributed by atoms with Crippen LogP contribution in [0, 0.1) is 12.8 Å². The van der Waals surface area contributed by atoms with Crippen molar-refractivity contribution in [3.63, 3.8) is 0 Å². The summed E-state index contributed by atoms with van der Waals surface area (Å²) in [7, 11) is 1.62. The molecule has 18 heavy (non-hydrogen) atoms. The van der Waals surface area contributed by atoms with Gasteiger partial charge in [-0.25, -0.2) is 0 Å². The van der Waals surface area contributed by atoms with Gasteiger partial charge in [-0.1, -0.05) is 24.6 Å². The van der Waals surface area contributed by atoms with Crippen LogP contribution < -0.4 is 10.1 Å². The molecule has 4 heteroatoms. The molecule has 2 rings (SSSR count). The zero-order valence-corrected chi connectivity index (χ0v) is 11.0. The van der Waals surface area contributed by atoms with Gasteiger partial charge >= 0.3 is 5.97 Å². The maximum atomic E-state index is 11.4. The highest BCUT2D eigenvalue weighted by Gasteiger charge is 2.46. The fourth-order valence-corrected chi connectivity index (χ4v) is 2.74. The van der Waals surface area contributed by atoms with E-state index in [2.05, 4.69) is 5.32 Å². The van der Waals surface area contributed by atoms with Crippen LogP contribution in [0.3, 0.4) is 0 Å². The molecule has 1 aromatic carbocycles. The Kier molecular flexibility index (Phi) is 3.30. The van der Waals surface area contributed by atoms with Gasteiger partial charge in [0.1, 0.15) is 5.75 Å². The molecule has 1 aliphatic rings. The van der Waals surface area contributed by atoms with Gasteiger partial charge in [0.15, 0.2) is 0 Å². The lowest BCUT2D eigenvalue weighted by atomic mass is 9.73. The molecule has 0 spiro atoms. The molecule has 1 fully saturated rings. The monoisotopic (exact) mass is 249 g/mol. The molecular formula is C14H19NO3. The maximum Gasteiger partial charge on any atom is 0.308 e. The second kappa shape index (κ2) is 4.61. The lowest BCUT2D eigenvalue weighted by Gasteiger charge is -2.30. The standard InChI is InChI=1S/C14H19NO3/c1-9-4-5-12(18-3)10(6-9)14(2)8-15-7-11(14)13(16)17/h4-6,11,15H,7-8H2,1-3H3,(H,16,17). The minimum atomic E-state index is -0.758. The molecular weight excluding hydrogens is 230 g/mol. The van der Waals surface area contributed by atoms with E-state index in [0.29, 0.717) is 13.1 Å². The number of hydrogen-bond acceptors (Lipinski definition) is 3. The first-order chi connectivity index (χ1) is 8.49. The van der Waals surface area contributed by atoms with Gasteiger partial charge in [0.05, 0.1) is 13.0 Å². The molecule has 1 aromatic rings. The van der Waals surface area contributed by atoms with Crippen LogP contribution in [0.15, 0.2) is 18.2 Å². The van der Waals surface area contributed by atoms with Crippen LogP contribution >= 0.6 is 0 Å². The van der Waals surface area contributed by atoms with Crippen LogP contribution in [-0.4, -0.2) is 31.3 Å². The van der Waals surface area contributed by atoms with E-state index in [1.807, 2.05) is 32.0 Å². The first-order valence-corrected chi connectivity index (χ1v) is 6.07. The Labute approximate surface area is 107 Å². The molecule has 2 unspecified atom stereocenters. The van der Waals surface area contributed by atoms with Gasteiger partial charge < -0.3 is 15.2 Å². The van der Waals surface area contributed by atoms with Crippen LogP contribution in [0.1, 0.15) is 18.1 Å². The Morgan fingerprint density at radius 2 is 2.28 bits per heavy atom. The van der Waals surface area contributed by atoms with E-state index in [9.17, 15) is 9.90 Å². The van der Waals surface area contributed by atoms with Crippen LogP contribution in [0.2, 0.25) is 0 Å². The molecule has 0 radical (unpaired) electrons. The van der Waals surface area contributed by atoms with E-state index < -0.39 is 17.3 Å². The molecule has 1 aliphatic heterocycles. The molecule has 98 valence electrons. The molecule has 0 aliphatic carbocycles. The molecule has 1 saturated heterocycles. The van der Waals surface area contributed by atoms with Crippen LogP contribution in [0.4, 0.5) is 0 Å². The van der Waals surface area contributed by atoms with Crippen LogP contribution in [-0.2, 0) is 10.2 Å². The van der Waals surface area contributed by atoms with Crippen molar-refractivity contribution < 1.29 is 14.6 Å². The van der Waals surface area contributed by atoms with Crippen molar-refractivity contribution in [2.45, 2.75) is 19.3 Å². The summed E-state index contributed by atoms with van der Waals surface area (Å²) in [6, 6.07) is 5.92. The highest BCUT2D eigenvalue weighted by atomic mass is 16.5. The Hall–Kier alpha value is -1.55. The Morgan fingerprint density at radius 3 is 2.89 bits per heavy atom. The number of methoxy groups -OCH3 is 1. The van der Waals surface area contributed by atoms with Crippen molar-refractivity contribution in [1.29, 1.82) is 0 Å². The molecule has 2 atom stereocenters. The summed E-state index contributed by atoms with van der Waals surface area (Å²) < 4.78 is 5.39. The summed E-state index contributed by atoms with van der Waals surface area (Å²) in [4.78, 5) is 11.4. The Morgan fingerprint density at radius 1 is 1.56 bits per heavy atom. The normalized spacial score (nSPS) is 27.2. The van der Waals surface area contributed by atoms with Gasteiger partial charge in [-0.05, 0) is 13.0 Å². The predicted molar refractivity (Wildman–Crippen MR) is 69.1 cm³/mol. The molecule has 2 N–H and O–H groups in total. The Bertz CT molecular complexity index is 472. The first kappa shape index (κ1) is 12.9. The summed E-state index contributed by atoms with van der Waals surface area (Å²) in [5.41, 5.74) is 1.66. The van der Waals surface area contributed by atoms with Crippen molar-refractivity contribution in [3.05, 3.63) is 29.3 Å². The van der Waals surface area contributed by atoms with Gasteiger partial charge in [0.25, 0.3) is 0 Å². The van der Waals surface area contributed by atoms with E-state index in [-0.39, 0.29) is 0 Å². The molecule has 4 nitrogen and oxygen atoms in total. The molecule has 0 amide bonds. The molecule has 0 bridgehead atoms. The van der Waals surface area contributed by atoms with Gasteiger partial charge in [-0.15, -0.1) is 0 Å².